The van der Waals surface area contributed by atoms with E-state index in [9.17, 15) is 8.42 Å². The molecular formula is C6H12BrNO2S. The molecule has 0 saturated carbocycles. The van der Waals surface area contributed by atoms with Crippen LogP contribution in [0.4, 0.5) is 0 Å². The topological polar surface area (TPSA) is 37.4 Å². The molecule has 0 aromatic heterocycles. The summed E-state index contributed by atoms with van der Waals surface area (Å²) in [6, 6.07) is 0. The van der Waals surface area contributed by atoms with Crippen LogP contribution in [0.1, 0.15) is 12.8 Å². The Morgan fingerprint density at radius 2 is 1.82 bits per heavy atom. The van der Waals surface area contributed by atoms with Crippen LogP contribution in [-0.2, 0) is 10.0 Å². The van der Waals surface area contributed by atoms with Crippen molar-refractivity contribution in [2.24, 2.45) is 0 Å². The van der Waals surface area contributed by atoms with Crippen LogP contribution < -0.4 is 0 Å². The fourth-order valence-electron chi connectivity index (χ4n) is 1.19. The van der Waals surface area contributed by atoms with Gasteiger partial charge in [-0.2, -0.15) is 0 Å². The summed E-state index contributed by atoms with van der Waals surface area (Å²) >= 11 is 3.13. The molecule has 1 fully saturated rings. The van der Waals surface area contributed by atoms with E-state index in [0.29, 0.717) is 5.33 Å². The number of hydrogen-bond donors (Lipinski definition) is 0. The van der Waals surface area contributed by atoms with Crippen molar-refractivity contribution in [3.8, 4) is 0 Å². The Hall–Kier alpha value is 0.390. The van der Waals surface area contributed by atoms with Crippen LogP contribution >= 0.6 is 15.9 Å². The molecule has 1 aliphatic heterocycles. The Morgan fingerprint density at radius 3 is 2.27 bits per heavy atom. The number of halogens is 1. The van der Waals surface area contributed by atoms with Gasteiger partial charge in [0.15, 0.2) is 0 Å². The first-order valence-corrected chi connectivity index (χ1v) is 6.43. The molecule has 0 unspecified atom stereocenters. The molecular weight excluding hydrogens is 230 g/mol. The first-order valence-electron chi connectivity index (χ1n) is 3.70. The van der Waals surface area contributed by atoms with Crippen molar-refractivity contribution in [1.29, 1.82) is 0 Å². The highest BCUT2D eigenvalue weighted by molar-refractivity contribution is 9.09. The normalized spacial score (nSPS) is 20.8. The predicted octanol–water partition coefficient (Wildman–Crippen LogP) is 0.807. The Balaban J connectivity index is 2.56. The Kier molecular flexibility index (Phi) is 3.33. The summed E-state index contributed by atoms with van der Waals surface area (Å²) in [6.45, 7) is 1.44. The maximum Gasteiger partial charge on any atom is 0.214 e. The van der Waals surface area contributed by atoms with Crippen molar-refractivity contribution < 1.29 is 8.42 Å². The van der Waals surface area contributed by atoms with Gasteiger partial charge in [-0.3, -0.25) is 0 Å². The van der Waals surface area contributed by atoms with Gasteiger partial charge >= 0.3 is 0 Å². The number of sulfonamides is 1. The molecule has 0 aromatic carbocycles. The third kappa shape index (κ3) is 2.42. The summed E-state index contributed by atoms with van der Waals surface area (Å²) in [6.07, 6.45) is 2.03. The lowest BCUT2D eigenvalue weighted by Crippen LogP contribution is -2.30. The monoisotopic (exact) mass is 241 g/mol. The number of alkyl halides is 1. The van der Waals surface area contributed by atoms with E-state index in [-0.39, 0.29) is 5.75 Å². The first-order chi connectivity index (χ1) is 5.17. The molecule has 11 heavy (non-hydrogen) atoms. The Morgan fingerprint density at radius 1 is 1.27 bits per heavy atom. The Bertz CT molecular complexity index is 209. The lowest BCUT2D eigenvalue weighted by molar-refractivity contribution is 0.479. The maximum absolute atomic E-state index is 11.3. The van der Waals surface area contributed by atoms with Crippen LogP contribution in [0.3, 0.4) is 0 Å². The zero-order valence-corrected chi connectivity index (χ0v) is 8.70. The fraction of sp³-hybridized carbons (Fsp3) is 1.00. The minimum absolute atomic E-state index is 0.229. The van der Waals surface area contributed by atoms with Gasteiger partial charge in [0.25, 0.3) is 0 Å². The van der Waals surface area contributed by atoms with Crippen LogP contribution in [0.5, 0.6) is 0 Å². The molecule has 0 N–H and O–H groups in total. The molecule has 1 heterocycles. The maximum atomic E-state index is 11.3. The second-order valence-electron chi connectivity index (χ2n) is 2.61. The zero-order chi connectivity index (χ0) is 8.32. The molecule has 5 heteroatoms. The summed E-state index contributed by atoms with van der Waals surface area (Å²) in [5, 5.41) is 0.534. The van der Waals surface area contributed by atoms with E-state index in [0.717, 1.165) is 25.9 Å². The highest BCUT2D eigenvalue weighted by atomic mass is 79.9. The van der Waals surface area contributed by atoms with Gasteiger partial charge in [-0.1, -0.05) is 15.9 Å². The van der Waals surface area contributed by atoms with E-state index in [4.69, 9.17) is 0 Å². The lowest BCUT2D eigenvalue weighted by Gasteiger charge is -2.13. The average Bonchev–Trinajstić information content (AvgIpc) is 2.37. The minimum Gasteiger partial charge on any atom is -0.212 e. The summed E-state index contributed by atoms with van der Waals surface area (Å²) in [7, 11) is -2.92. The summed E-state index contributed by atoms with van der Waals surface area (Å²) in [4.78, 5) is 0. The third-order valence-electron chi connectivity index (χ3n) is 1.79. The van der Waals surface area contributed by atoms with E-state index in [2.05, 4.69) is 15.9 Å². The van der Waals surface area contributed by atoms with Gasteiger partial charge in [0.1, 0.15) is 0 Å². The third-order valence-corrected chi connectivity index (χ3v) is 4.59. The molecule has 0 bridgehead atoms. The minimum atomic E-state index is -2.92. The summed E-state index contributed by atoms with van der Waals surface area (Å²) in [5.74, 6) is 0.229. The van der Waals surface area contributed by atoms with Gasteiger partial charge in [0.2, 0.25) is 10.0 Å². The molecule has 1 aliphatic rings. The van der Waals surface area contributed by atoms with E-state index >= 15 is 0 Å². The molecule has 0 spiro atoms. The molecule has 66 valence electrons. The zero-order valence-electron chi connectivity index (χ0n) is 6.29. The highest BCUT2D eigenvalue weighted by Gasteiger charge is 2.23. The molecule has 1 saturated heterocycles. The SMILES string of the molecule is O=S(=O)(CCBr)N1CCCC1. The van der Waals surface area contributed by atoms with Crippen LogP contribution in [0.25, 0.3) is 0 Å². The van der Waals surface area contributed by atoms with E-state index in [1.165, 1.54) is 0 Å². The van der Waals surface area contributed by atoms with Gasteiger partial charge in [-0.05, 0) is 12.8 Å². The number of hydrogen-bond acceptors (Lipinski definition) is 2. The quantitative estimate of drug-likeness (QED) is 0.687. The van der Waals surface area contributed by atoms with Crippen LogP contribution in [0.15, 0.2) is 0 Å². The lowest BCUT2D eigenvalue weighted by atomic mass is 10.4. The van der Waals surface area contributed by atoms with Gasteiger partial charge in [0.05, 0.1) is 5.75 Å². The molecule has 0 radical (unpaired) electrons. The van der Waals surface area contributed by atoms with E-state index in [1.54, 1.807) is 4.31 Å². The fourth-order valence-corrected chi connectivity index (χ4v) is 3.69. The number of rotatable bonds is 3. The first kappa shape index (κ1) is 9.48. The van der Waals surface area contributed by atoms with Gasteiger partial charge in [0, 0.05) is 18.4 Å². The average molecular weight is 242 g/mol. The van der Waals surface area contributed by atoms with Crippen molar-refractivity contribution in [2.45, 2.75) is 12.8 Å². The highest BCUT2D eigenvalue weighted by Crippen LogP contribution is 2.13. The van der Waals surface area contributed by atoms with Gasteiger partial charge < -0.3 is 0 Å². The van der Waals surface area contributed by atoms with Crippen molar-refractivity contribution >= 4 is 26.0 Å². The summed E-state index contributed by atoms with van der Waals surface area (Å²) in [5.41, 5.74) is 0. The molecule has 0 amide bonds. The van der Waals surface area contributed by atoms with Crippen LogP contribution in [0.2, 0.25) is 0 Å². The Labute approximate surface area is 75.9 Å². The van der Waals surface area contributed by atoms with E-state index in [1.807, 2.05) is 0 Å². The smallest absolute Gasteiger partial charge is 0.212 e. The van der Waals surface area contributed by atoms with Crippen molar-refractivity contribution in [1.82, 2.24) is 4.31 Å². The second-order valence-corrected chi connectivity index (χ2v) is 5.49. The molecule has 0 aromatic rings. The van der Waals surface area contributed by atoms with Crippen molar-refractivity contribution in [3.63, 3.8) is 0 Å². The standard InChI is InChI=1S/C6H12BrNO2S/c7-3-6-11(9,10)8-4-1-2-5-8/h1-6H2. The predicted molar refractivity (Wildman–Crippen MR) is 48.4 cm³/mol. The molecule has 3 nitrogen and oxygen atoms in total. The molecule has 0 aliphatic carbocycles. The molecule has 0 atom stereocenters. The largest absolute Gasteiger partial charge is 0.214 e. The molecule has 1 rings (SSSR count). The van der Waals surface area contributed by atoms with Crippen molar-refractivity contribution in [3.05, 3.63) is 0 Å². The van der Waals surface area contributed by atoms with Gasteiger partial charge in [-0.25, -0.2) is 12.7 Å². The van der Waals surface area contributed by atoms with Crippen LogP contribution in [-0.4, -0.2) is 36.9 Å². The van der Waals surface area contributed by atoms with Crippen molar-refractivity contribution in [2.75, 3.05) is 24.2 Å². The van der Waals surface area contributed by atoms with E-state index < -0.39 is 10.0 Å². The number of nitrogens with zero attached hydrogens (tertiary/aromatic N) is 1. The van der Waals surface area contributed by atoms with Crippen LogP contribution in [0, 0.1) is 0 Å². The van der Waals surface area contributed by atoms with Gasteiger partial charge in [-0.15, -0.1) is 0 Å². The summed E-state index contributed by atoms with van der Waals surface area (Å²) < 4.78 is 24.2. The second kappa shape index (κ2) is 3.87.